The fraction of sp³-hybridized carbons (Fsp3) is 0.538. The summed E-state index contributed by atoms with van der Waals surface area (Å²) >= 11 is -1.13. The number of pyridine rings is 1. The van der Waals surface area contributed by atoms with Crippen molar-refractivity contribution in [2.45, 2.75) is 45.4 Å². The van der Waals surface area contributed by atoms with Crippen molar-refractivity contribution in [2.75, 3.05) is 0 Å². The summed E-state index contributed by atoms with van der Waals surface area (Å²) in [5, 5.41) is 4.81. The lowest BCUT2D eigenvalue weighted by atomic mass is 10.2. The van der Waals surface area contributed by atoms with Crippen molar-refractivity contribution in [3.63, 3.8) is 0 Å². The molecule has 2 heterocycles. The first kappa shape index (κ1) is 14.3. The maximum absolute atomic E-state index is 12.1. The molecule has 6 heteroatoms. The van der Waals surface area contributed by atoms with E-state index < -0.39 is 11.4 Å². The lowest BCUT2D eigenvalue weighted by Crippen LogP contribution is -2.40. The second-order valence-corrected chi connectivity index (χ2v) is 7.59. The molecular formula is C13H19N3O2S. The zero-order chi connectivity index (χ0) is 14.2. The Hall–Kier alpha value is -1.11. The average molecular weight is 281 g/mol. The van der Waals surface area contributed by atoms with E-state index in [4.69, 9.17) is 4.52 Å². The van der Waals surface area contributed by atoms with Crippen molar-refractivity contribution in [2.24, 2.45) is 0 Å². The number of aromatic nitrogens is 2. The van der Waals surface area contributed by atoms with E-state index in [0.717, 1.165) is 16.8 Å². The predicted octanol–water partition coefficient (Wildman–Crippen LogP) is 2.64. The van der Waals surface area contributed by atoms with E-state index in [1.807, 2.05) is 40.7 Å². The van der Waals surface area contributed by atoms with Gasteiger partial charge in [0.1, 0.15) is 4.75 Å². The van der Waals surface area contributed by atoms with Crippen LogP contribution in [0.5, 0.6) is 0 Å². The number of nitrogens with one attached hydrogen (secondary N) is 1. The highest BCUT2D eigenvalue weighted by atomic mass is 32.2. The fourth-order valence-corrected chi connectivity index (χ4v) is 2.40. The van der Waals surface area contributed by atoms with E-state index in [0.29, 0.717) is 5.58 Å². The van der Waals surface area contributed by atoms with E-state index in [-0.39, 0.29) is 10.8 Å². The third-order valence-electron chi connectivity index (χ3n) is 2.84. The normalized spacial score (nSPS) is 15.7. The molecule has 0 fully saturated rings. The van der Waals surface area contributed by atoms with E-state index in [1.165, 1.54) is 0 Å². The SMILES string of the molecule is Cc1noc2cc([C@@H](C)N[S+]([O-])C(C)(C)C)ncc12. The van der Waals surface area contributed by atoms with Crippen molar-refractivity contribution >= 4 is 22.3 Å². The molecule has 104 valence electrons. The van der Waals surface area contributed by atoms with Crippen LogP contribution >= 0.6 is 0 Å². The van der Waals surface area contributed by atoms with Crippen molar-refractivity contribution in [1.29, 1.82) is 0 Å². The molecule has 0 aliphatic rings. The molecule has 1 unspecified atom stereocenters. The Morgan fingerprint density at radius 1 is 1.42 bits per heavy atom. The minimum Gasteiger partial charge on any atom is -0.598 e. The van der Waals surface area contributed by atoms with Gasteiger partial charge in [-0.2, -0.15) is 0 Å². The van der Waals surface area contributed by atoms with Crippen molar-refractivity contribution in [3.05, 3.63) is 23.7 Å². The molecule has 19 heavy (non-hydrogen) atoms. The van der Waals surface area contributed by atoms with Gasteiger partial charge in [0.05, 0.1) is 22.8 Å². The Morgan fingerprint density at radius 2 is 2.11 bits per heavy atom. The van der Waals surface area contributed by atoms with Gasteiger partial charge in [0.15, 0.2) is 5.58 Å². The topological polar surface area (TPSA) is 74.0 Å². The molecule has 0 spiro atoms. The summed E-state index contributed by atoms with van der Waals surface area (Å²) in [7, 11) is 0. The fourth-order valence-electron chi connectivity index (χ4n) is 1.60. The van der Waals surface area contributed by atoms with Crippen LogP contribution in [0.15, 0.2) is 16.8 Å². The average Bonchev–Trinajstić information content (AvgIpc) is 2.69. The van der Waals surface area contributed by atoms with Crippen LogP contribution in [0.25, 0.3) is 11.0 Å². The van der Waals surface area contributed by atoms with E-state index >= 15 is 0 Å². The maximum Gasteiger partial charge on any atom is 0.170 e. The molecule has 0 saturated carbocycles. The second-order valence-electron chi connectivity index (χ2n) is 5.59. The van der Waals surface area contributed by atoms with Crippen LogP contribution in [0.4, 0.5) is 0 Å². The molecule has 0 aromatic carbocycles. The van der Waals surface area contributed by atoms with Crippen LogP contribution in [0.2, 0.25) is 0 Å². The number of rotatable bonds is 3. The second kappa shape index (κ2) is 5.11. The summed E-state index contributed by atoms with van der Waals surface area (Å²) in [5.41, 5.74) is 2.33. The molecule has 0 bridgehead atoms. The van der Waals surface area contributed by atoms with Crippen LogP contribution in [0.3, 0.4) is 0 Å². The summed E-state index contributed by atoms with van der Waals surface area (Å²) < 4.78 is 20.0. The van der Waals surface area contributed by atoms with E-state index in [1.54, 1.807) is 6.20 Å². The molecule has 2 aromatic rings. The molecule has 0 amide bonds. The molecule has 0 aliphatic carbocycles. The number of fused-ring (bicyclic) bond motifs is 1. The Bertz CT molecular complexity index is 577. The highest BCUT2D eigenvalue weighted by Gasteiger charge is 2.28. The van der Waals surface area contributed by atoms with Gasteiger partial charge in [-0.15, -0.1) is 4.72 Å². The van der Waals surface area contributed by atoms with Crippen molar-refractivity contribution in [1.82, 2.24) is 14.9 Å². The zero-order valence-electron chi connectivity index (χ0n) is 11.9. The quantitative estimate of drug-likeness (QED) is 0.875. The first-order valence-corrected chi connectivity index (χ1v) is 7.34. The summed E-state index contributed by atoms with van der Waals surface area (Å²) in [4.78, 5) is 4.38. The lowest BCUT2D eigenvalue weighted by molar-refractivity contribution is 0.449. The minimum atomic E-state index is -1.13. The van der Waals surface area contributed by atoms with Gasteiger partial charge in [0.2, 0.25) is 0 Å². The molecular weight excluding hydrogens is 262 g/mol. The molecule has 0 radical (unpaired) electrons. The van der Waals surface area contributed by atoms with Gasteiger partial charge in [-0.3, -0.25) is 4.98 Å². The van der Waals surface area contributed by atoms with Gasteiger partial charge in [-0.1, -0.05) is 5.16 Å². The van der Waals surface area contributed by atoms with Crippen LogP contribution in [-0.4, -0.2) is 19.4 Å². The van der Waals surface area contributed by atoms with E-state index in [9.17, 15) is 4.55 Å². The van der Waals surface area contributed by atoms with Crippen LogP contribution in [0.1, 0.15) is 45.1 Å². The van der Waals surface area contributed by atoms with Gasteiger partial charge in [-0.25, -0.2) is 0 Å². The molecule has 0 saturated heterocycles. The van der Waals surface area contributed by atoms with Crippen molar-refractivity contribution in [3.8, 4) is 0 Å². The molecule has 5 nitrogen and oxygen atoms in total. The predicted molar refractivity (Wildman–Crippen MR) is 76.0 cm³/mol. The maximum atomic E-state index is 12.1. The summed E-state index contributed by atoms with van der Waals surface area (Å²) in [6.07, 6.45) is 1.74. The number of aryl methyl sites for hydroxylation is 1. The Kier molecular flexibility index (Phi) is 3.85. The van der Waals surface area contributed by atoms with E-state index in [2.05, 4.69) is 14.9 Å². The summed E-state index contributed by atoms with van der Waals surface area (Å²) in [6, 6.07) is 1.72. The smallest absolute Gasteiger partial charge is 0.170 e. The highest BCUT2D eigenvalue weighted by Crippen LogP contribution is 2.22. The van der Waals surface area contributed by atoms with Gasteiger partial charge in [0.25, 0.3) is 0 Å². The van der Waals surface area contributed by atoms with Gasteiger partial charge in [0, 0.05) is 23.6 Å². The van der Waals surface area contributed by atoms with Gasteiger partial charge in [-0.05, 0) is 34.6 Å². The molecule has 1 N–H and O–H groups in total. The van der Waals surface area contributed by atoms with Crippen LogP contribution < -0.4 is 4.72 Å². The third-order valence-corrected chi connectivity index (χ3v) is 4.52. The third kappa shape index (κ3) is 3.08. The molecule has 0 aliphatic heterocycles. The largest absolute Gasteiger partial charge is 0.598 e. The number of hydrogen-bond acceptors (Lipinski definition) is 5. The summed E-state index contributed by atoms with van der Waals surface area (Å²) in [6.45, 7) is 9.60. The Balaban J connectivity index is 2.19. The molecule has 2 atom stereocenters. The lowest BCUT2D eigenvalue weighted by Gasteiger charge is -2.26. The monoisotopic (exact) mass is 281 g/mol. The number of nitrogens with zero attached hydrogens (tertiary/aromatic N) is 2. The zero-order valence-corrected chi connectivity index (χ0v) is 12.7. The van der Waals surface area contributed by atoms with Crippen LogP contribution in [0, 0.1) is 6.92 Å². The van der Waals surface area contributed by atoms with Crippen molar-refractivity contribution < 1.29 is 9.08 Å². The first-order chi connectivity index (χ1) is 8.79. The highest BCUT2D eigenvalue weighted by molar-refractivity contribution is 7.90. The number of hydrogen-bond donors (Lipinski definition) is 1. The summed E-state index contributed by atoms with van der Waals surface area (Å²) in [5.74, 6) is 0. The van der Waals surface area contributed by atoms with Gasteiger partial charge >= 0.3 is 0 Å². The standard InChI is InChI=1S/C13H19N3O2S/c1-8-10-7-14-11(6-12(10)18-15-8)9(2)16-19(17)13(3,4)5/h6-7,9,16H,1-5H3/t9-,19?/m1/s1. The molecule has 2 aromatic heterocycles. The minimum absolute atomic E-state index is 0.116. The first-order valence-electron chi connectivity index (χ1n) is 6.19. The Labute approximate surface area is 116 Å². The Morgan fingerprint density at radius 3 is 2.74 bits per heavy atom. The molecule has 2 rings (SSSR count). The van der Waals surface area contributed by atoms with Gasteiger partial charge < -0.3 is 9.08 Å². The van der Waals surface area contributed by atoms with Crippen LogP contribution in [-0.2, 0) is 11.4 Å².